The molecule has 2 aromatic rings. The smallest absolute Gasteiger partial charge is 0.245 e. The fraction of sp³-hybridized carbons (Fsp3) is 0.308. The van der Waals surface area contributed by atoms with Gasteiger partial charge in [0.05, 0.1) is 5.52 Å². The molecule has 1 aliphatic rings. The third kappa shape index (κ3) is 1.97. The van der Waals surface area contributed by atoms with E-state index in [1.807, 2.05) is 0 Å². The van der Waals surface area contributed by atoms with Gasteiger partial charge in [-0.1, -0.05) is 0 Å². The van der Waals surface area contributed by atoms with Gasteiger partial charge in [0.2, 0.25) is 10.0 Å². The Balaban J connectivity index is 2.23. The molecule has 3 rings (SSSR count). The molecule has 0 bridgehead atoms. The Morgan fingerprint density at radius 3 is 2.74 bits per heavy atom. The Morgan fingerprint density at radius 2 is 2.05 bits per heavy atom. The number of fused-ring (bicyclic) bond motifs is 1. The molecule has 0 radical (unpaired) electrons. The van der Waals surface area contributed by atoms with Gasteiger partial charge < -0.3 is 5.73 Å². The van der Waals surface area contributed by atoms with Crippen molar-refractivity contribution in [2.24, 2.45) is 0 Å². The number of nitrogens with zero attached hydrogens (tertiary/aromatic N) is 2. The average Bonchev–Trinajstić information content (AvgIpc) is 3.22. The first-order chi connectivity index (χ1) is 9.01. The molecule has 1 saturated carbocycles. The summed E-state index contributed by atoms with van der Waals surface area (Å²) >= 11 is 0. The fourth-order valence-electron chi connectivity index (χ4n) is 2.17. The summed E-state index contributed by atoms with van der Waals surface area (Å²) in [4.78, 5) is 4.41. The number of anilines is 1. The maximum atomic E-state index is 12.6. The van der Waals surface area contributed by atoms with E-state index in [2.05, 4.69) is 4.98 Å². The largest absolute Gasteiger partial charge is 0.398 e. The number of sulfonamides is 1. The van der Waals surface area contributed by atoms with Gasteiger partial charge in [-0.3, -0.25) is 4.98 Å². The van der Waals surface area contributed by atoms with Gasteiger partial charge in [0.25, 0.3) is 0 Å². The van der Waals surface area contributed by atoms with E-state index in [-0.39, 0.29) is 10.9 Å². The molecule has 1 fully saturated rings. The van der Waals surface area contributed by atoms with E-state index in [1.54, 1.807) is 37.5 Å². The minimum Gasteiger partial charge on any atom is -0.398 e. The van der Waals surface area contributed by atoms with Gasteiger partial charge in [0.15, 0.2) is 0 Å². The summed E-state index contributed by atoms with van der Waals surface area (Å²) in [5.74, 6) is 0. The first-order valence-electron chi connectivity index (χ1n) is 6.13. The maximum absolute atomic E-state index is 12.6. The third-order valence-electron chi connectivity index (χ3n) is 3.48. The molecule has 0 saturated heterocycles. The molecule has 1 heterocycles. The Kier molecular flexibility index (Phi) is 2.72. The third-order valence-corrected chi connectivity index (χ3v) is 5.43. The van der Waals surface area contributed by atoms with Gasteiger partial charge >= 0.3 is 0 Å². The van der Waals surface area contributed by atoms with E-state index in [9.17, 15) is 8.42 Å². The Hall–Kier alpha value is -1.66. The van der Waals surface area contributed by atoms with Gasteiger partial charge in [0.1, 0.15) is 4.90 Å². The van der Waals surface area contributed by atoms with Crippen molar-refractivity contribution in [2.45, 2.75) is 23.8 Å². The van der Waals surface area contributed by atoms with Crippen LogP contribution in [-0.2, 0) is 10.0 Å². The van der Waals surface area contributed by atoms with Gasteiger partial charge in [0, 0.05) is 30.4 Å². The lowest BCUT2D eigenvalue weighted by Crippen LogP contribution is -2.29. The second kappa shape index (κ2) is 4.18. The van der Waals surface area contributed by atoms with Crippen molar-refractivity contribution in [3.8, 4) is 0 Å². The van der Waals surface area contributed by atoms with Crippen molar-refractivity contribution in [1.82, 2.24) is 9.29 Å². The van der Waals surface area contributed by atoms with E-state index < -0.39 is 10.0 Å². The van der Waals surface area contributed by atoms with Gasteiger partial charge in [-0.2, -0.15) is 4.31 Å². The first kappa shape index (κ1) is 12.4. The highest BCUT2D eigenvalue weighted by molar-refractivity contribution is 7.89. The van der Waals surface area contributed by atoms with Crippen LogP contribution in [0.5, 0.6) is 0 Å². The van der Waals surface area contributed by atoms with Crippen molar-refractivity contribution in [3.05, 3.63) is 30.5 Å². The van der Waals surface area contributed by atoms with Crippen LogP contribution in [0.4, 0.5) is 5.69 Å². The monoisotopic (exact) mass is 277 g/mol. The molecular weight excluding hydrogens is 262 g/mol. The molecule has 0 atom stereocenters. The van der Waals surface area contributed by atoms with Crippen molar-refractivity contribution in [2.75, 3.05) is 12.8 Å². The number of rotatable bonds is 3. The zero-order valence-electron chi connectivity index (χ0n) is 10.6. The average molecular weight is 277 g/mol. The topological polar surface area (TPSA) is 76.3 Å². The quantitative estimate of drug-likeness (QED) is 0.865. The van der Waals surface area contributed by atoms with Gasteiger partial charge in [-0.05, 0) is 37.1 Å². The van der Waals surface area contributed by atoms with Crippen LogP contribution in [0.15, 0.2) is 35.4 Å². The molecular formula is C13H15N3O2S. The lowest BCUT2D eigenvalue weighted by molar-refractivity contribution is 0.465. The van der Waals surface area contributed by atoms with Crippen LogP contribution in [0.3, 0.4) is 0 Å². The van der Waals surface area contributed by atoms with E-state index in [1.165, 1.54) is 4.31 Å². The first-order valence-corrected chi connectivity index (χ1v) is 7.57. The number of benzene rings is 1. The summed E-state index contributed by atoms with van der Waals surface area (Å²) < 4.78 is 26.6. The highest BCUT2D eigenvalue weighted by Gasteiger charge is 2.36. The zero-order valence-corrected chi connectivity index (χ0v) is 11.4. The zero-order chi connectivity index (χ0) is 13.6. The summed E-state index contributed by atoms with van der Waals surface area (Å²) in [5, 5.41) is 0.674. The van der Waals surface area contributed by atoms with Crippen LogP contribution in [-0.4, -0.2) is 30.8 Å². The standard InChI is InChI=1S/C13H15N3O2S/c1-16(9-4-5-9)19(17,18)12-7-6-11(14)10-3-2-8-15-13(10)12/h2-3,6-9H,4-5,14H2,1H3. The summed E-state index contributed by atoms with van der Waals surface area (Å²) in [7, 11) is -1.88. The minimum absolute atomic E-state index is 0.126. The van der Waals surface area contributed by atoms with Crippen molar-refractivity contribution >= 4 is 26.6 Å². The van der Waals surface area contributed by atoms with Gasteiger partial charge in [-0.15, -0.1) is 0 Å². The maximum Gasteiger partial charge on any atom is 0.245 e. The molecule has 100 valence electrons. The highest BCUT2D eigenvalue weighted by Crippen LogP contribution is 2.33. The second-order valence-electron chi connectivity index (χ2n) is 4.80. The molecule has 5 nitrogen and oxygen atoms in total. The number of hydrogen-bond acceptors (Lipinski definition) is 4. The van der Waals surface area contributed by atoms with Crippen LogP contribution in [0.25, 0.3) is 10.9 Å². The molecule has 2 N–H and O–H groups in total. The predicted octanol–water partition coefficient (Wildman–Crippen LogP) is 1.60. The fourth-order valence-corrected chi connectivity index (χ4v) is 3.73. The summed E-state index contributed by atoms with van der Waals surface area (Å²) in [6.45, 7) is 0. The highest BCUT2D eigenvalue weighted by atomic mass is 32.2. The molecule has 6 heteroatoms. The van der Waals surface area contributed by atoms with Crippen molar-refractivity contribution < 1.29 is 8.42 Å². The summed E-state index contributed by atoms with van der Waals surface area (Å²) in [6, 6.07) is 6.82. The summed E-state index contributed by atoms with van der Waals surface area (Å²) in [5.41, 5.74) is 6.85. The second-order valence-corrected chi connectivity index (χ2v) is 6.77. The summed E-state index contributed by atoms with van der Waals surface area (Å²) in [6.07, 6.45) is 3.43. The Morgan fingerprint density at radius 1 is 1.32 bits per heavy atom. The molecule has 0 spiro atoms. The van der Waals surface area contributed by atoms with E-state index >= 15 is 0 Å². The normalized spacial score (nSPS) is 16.1. The molecule has 1 aromatic carbocycles. The molecule has 1 aromatic heterocycles. The van der Waals surface area contributed by atoms with E-state index in [4.69, 9.17) is 5.73 Å². The molecule has 0 aliphatic heterocycles. The Labute approximate surface area is 112 Å². The van der Waals surface area contributed by atoms with Crippen molar-refractivity contribution in [1.29, 1.82) is 0 Å². The molecule has 0 unspecified atom stereocenters. The Bertz CT molecular complexity index is 739. The molecule has 19 heavy (non-hydrogen) atoms. The van der Waals surface area contributed by atoms with Crippen LogP contribution in [0.1, 0.15) is 12.8 Å². The number of nitrogens with two attached hydrogens (primary N) is 1. The number of hydrogen-bond donors (Lipinski definition) is 1. The lowest BCUT2D eigenvalue weighted by atomic mass is 10.2. The minimum atomic E-state index is -3.50. The van der Waals surface area contributed by atoms with Crippen LogP contribution >= 0.6 is 0 Å². The number of pyridine rings is 1. The van der Waals surface area contributed by atoms with E-state index in [0.717, 1.165) is 12.8 Å². The SMILES string of the molecule is CN(C1CC1)S(=O)(=O)c1ccc(N)c2cccnc12. The van der Waals surface area contributed by atoms with Crippen LogP contribution in [0.2, 0.25) is 0 Å². The molecule has 0 amide bonds. The predicted molar refractivity (Wildman–Crippen MR) is 74.1 cm³/mol. The van der Waals surface area contributed by atoms with Crippen LogP contribution < -0.4 is 5.73 Å². The lowest BCUT2D eigenvalue weighted by Gasteiger charge is -2.17. The number of nitrogen functional groups attached to an aromatic ring is 1. The number of aromatic nitrogens is 1. The van der Waals surface area contributed by atoms with Gasteiger partial charge in [-0.25, -0.2) is 8.42 Å². The van der Waals surface area contributed by atoms with Crippen LogP contribution in [0, 0.1) is 0 Å². The van der Waals surface area contributed by atoms with Crippen molar-refractivity contribution in [3.63, 3.8) is 0 Å². The molecule has 1 aliphatic carbocycles. The van der Waals surface area contributed by atoms with E-state index in [0.29, 0.717) is 16.6 Å².